The molecule has 6 nitrogen and oxygen atoms in total. The van der Waals surface area contributed by atoms with E-state index in [1.807, 2.05) is 0 Å². The Morgan fingerprint density at radius 1 is 1.75 bits per heavy atom. The molecule has 1 rings (SSSR count). The van der Waals surface area contributed by atoms with E-state index in [9.17, 15) is 0 Å². The Morgan fingerprint density at radius 2 is 2.50 bits per heavy atom. The predicted molar refractivity (Wildman–Crippen MR) is 29.3 cm³/mol. The number of nitrogens with two attached hydrogens (primary N) is 2. The maximum Gasteiger partial charge on any atom is 0.165 e. The van der Waals surface area contributed by atoms with Crippen LogP contribution in [0.2, 0.25) is 0 Å². The molecule has 0 radical (unpaired) electrons. The summed E-state index contributed by atoms with van der Waals surface area (Å²) in [5, 5.41) is 7.99. The number of nitrogens with one attached hydrogen (secondary N) is 1. The summed E-state index contributed by atoms with van der Waals surface area (Å²) in [6.45, 7) is 0. The third-order valence-corrected chi connectivity index (χ3v) is 0.596. The van der Waals surface area contributed by atoms with Crippen LogP contribution in [0, 0.1) is 0 Å². The first-order valence-corrected chi connectivity index (χ1v) is 1.96. The highest BCUT2D eigenvalue weighted by Gasteiger charge is 1.94. The van der Waals surface area contributed by atoms with Gasteiger partial charge in [-0.1, -0.05) is 0 Å². The van der Waals surface area contributed by atoms with Gasteiger partial charge in [-0.25, -0.2) is 5.84 Å². The first-order chi connectivity index (χ1) is 3.79. The van der Waals surface area contributed by atoms with Gasteiger partial charge in [0.15, 0.2) is 5.84 Å². The number of rotatable bonds is 0. The molecule has 0 fully saturated rings. The molecule has 1 aliphatic heterocycles. The third kappa shape index (κ3) is 0.850. The van der Waals surface area contributed by atoms with E-state index in [-0.39, 0.29) is 0 Å². The summed E-state index contributed by atoms with van der Waals surface area (Å²) in [5.74, 6) is 5.37. The van der Waals surface area contributed by atoms with Crippen molar-refractivity contribution in [3.05, 3.63) is 0 Å². The summed E-state index contributed by atoms with van der Waals surface area (Å²) in [6.07, 6.45) is 1.34. The van der Waals surface area contributed by atoms with E-state index in [1.54, 1.807) is 0 Å². The van der Waals surface area contributed by atoms with Crippen molar-refractivity contribution in [1.82, 2.24) is 10.8 Å². The summed E-state index contributed by atoms with van der Waals surface area (Å²) < 4.78 is 0. The predicted octanol–water partition coefficient (Wildman–Crippen LogP) is -2.06. The van der Waals surface area contributed by atoms with Gasteiger partial charge in [0.2, 0.25) is 0 Å². The summed E-state index contributed by atoms with van der Waals surface area (Å²) >= 11 is 0. The van der Waals surface area contributed by atoms with Gasteiger partial charge in [0, 0.05) is 0 Å². The molecule has 0 bridgehead atoms. The van der Waals surface area contributed by atoms with Gasteiger partial charge in [-0.15, -0.1) is 15.4 Å². The van der Waals surface area contributed by atoms with Crippen molar-refractivity contribution in [2.75, 3.05) is 0 Å². The Balaban J connectivity index is 2.58. The van der Waals surface area contributed by atoms with Gasteiger partial charge in [0.25, 0.3) is 0 Å². The minimum Gasteiger partial charge on any atom is -0.381 e. The molecule has 0 saturated heterocycles. The van der Waals surface area contributed by atoms with Crippen molar-refractivity contribution >= 4 is 12.1 Å². The minimum atomic E-state index is 0.312. The van der Waals surface area contributed by atoms with Gasteiger partial charge >= 0.3 is 0 Å². The number of hydrazine groups is 2. The second kappa shape index (κ2) is 1.66. The first kappa shape index (κ1) is 4.85. The van der Waals surface area contributed by atoms with E-state index in [0.29, 0.717) is 5.84 Å². The van der Waals surface area contributed by atoms with Crippen molar-refractivity contribution in [2.24, 2.45) is 21.8 Å². The Bertz CT molecular complexity index is 135. The third-order valence-electron chi connectivity index (χ3n) is 0.596. The van der Waals surface area contributed by atoms with Crippen LogP contribution in [0.1, 0.15) is 0 Å². The smallest absolute Gasteiger partial charge is 0.165 e. The van der Waals surface area contributed by atoms with Gasteiger partial charge < -0.3 is 5.73 Å². The number of hydrazone groups is 2. The zero-order valence-electron chi connectivity index (χ0n) is 4.07. The lowest BCUT2D eigenvalue weighted by Gasteiger charge is -2.12. The molecule has 0 aromatic rings. The van der Waals surface area contributed by atoms with Crippen LogP contribution in [0.5, 0.6) is 0 Å². The van der Waals surface area contributed by atoms with Gasteiger partial charge in [0.1, 0.15) is 0 Å². The molecular formula is C2H6N6. The molecule has 0 saturated carbocycles. The largest absolute Gasteiger partial charge is 0.381 e. The zero-order valence-corrected chi connectivity index (χ0v) is 4.07. The van der Waals surface area contributed by atoms with Gasteiger partial charge in [-0.05, 0) is 0 Å². The average molecular weight is 114 g/mol. The summed E-state index contributed by atoms with van der Waals surface area (Å²) in [4.78, 5) is 0. The number of nitrogens with zero attached hydrogens (tertiary/aromatic N) is 3. The average Bonchev–Trinajstić information content (AvgIpc) is 1.77. The summed E-state index contributed by atoms with van der Waals surface area (Å²) in [7, 11) is 0. The Hall–Kier alpha value is -1.30. The van der Waals surface area contributed by atoms with Crippen LogP contribution in [0.25, 0.3) is 0 Å². The quantitative estimate of drug-likeness (QED) is 0.316. The van der Waals surface area contributed by atoms with Crippen molar-refractivity contribution in [3.8, 4) is 0 Å². The van der Waals surface area contributed by atoms with Crippen molar-refractivity contribution in [1.29, 1.82) is 0 Å². The molecule has 0 aromatic heterocycles. The van der Waals surface area contributed by atoms with Crippen molar-refractivity contribution in [2.45, 2.75) is 0 Å². The van der Waals surface area contributed by atoms with E-state index in [1.165, 1.54) is 6.21 Å². The topological polar surface area (TPSA) is 92.0 Å². The van der Waals surface area contributed by atoms with E-state index in [2.05, 4.69) is 15.7 Å². The molecule has 8 heavy (non-hydrogen) atoms. The van der Waals surface area contributed by atoms with Gasteiger partial charge in [0.05, 0.1) is 6.21 Å². The standard InChI is InChI=1S/C2H6N6/c3-2-1-5-8(4)7-6-2/h1,7H,4H2,(H2,3,6). The van der Waals surface area contributed by atoms with Crippen LogP contribution in [-0.4, -0.2) is 17.3 Å². The van der Waals surface area contributed by atoms with E-state index < -0.39 is 0 Å². The molecule has 0 aromatic carbocycles. The fourth-order valence-electron chi connectivity index (χ4n) is 0.285. The fourth-order valence-corrected chi connectivity index (χ4v) is 0.285. The monoisotopic (exact) mass is 114 g/mol. The maximum atomic E-state index is 5.15. The lowest BCUT2D eigenvalue weighted by Crippen LogP contribution is -2.41. The molecule has 1 aliphatic rings. The second-order valence-electron chi connectivity index (χ2n) is 1.23. The van der Waals surface area contributed by atoms with Crippen LogP contribution in [0.4, 0.5) is 0 Å². The van der Waals surface area contributed by atoms with Crippen LogP contribution in [0.3, 0.4) is 0 Å². The van der Waals surface area contributed by atoms with Crippen LogP contribution in [-0.2, 0) is 0 Å². The lowest BCUT2D eigenvalue weighted by molar-refractivity contribution is 0.204. The van der Waals surface area contributed by atoms with E-state index >= 15 is 0 Å². The Kier molecular flexibility index (Phi) is 1.01. The molecule has 0 amide bonds. The minimum absolute atomic E-state index is 0.312. The number of hydrogen-bond donors (Lipinski definition) is 3. The molecule has 0 unspecified atom stereocenters. The summed E-state index contributed by atoms with van der Waals surface area (Å²) in [6, 6.07) is 0. The highest BCUT2D eigenvalue weighted by molar-refractivity contribution is 6.28. The number of amidine groups is 1. The molecule has 0 spiro atoms. The van der Waals surface area contributed by atoms with Crippen LogP contribution in [0.15, 0.2) is 10.2 Å². The summed E-state index contributed by atoms with van der Waals surface area (Å²) in [5.41, 5.74) is 7.46. The molecule has 6 heteroatoms. The highest BCUT2D eigenvalue weighted by Crippen LogP contribution is 1.75. The molecule has 0 atom stereocenters. The Morgan fingerprint density at radius 3 is 2.88 bits per heavy atom. The molecule has 1 heterocycles. The number of hydrogen-bond acceptors (Lipinski definition) is 6. The van der Waals surface area contributed by atoms with Crippen molar-refractivity contribution < 1.29 is 0 Å². The van der Waals surface area contributed by atoms with Crippen molar-refractivity contribution in [3.63, 3.8) is 0 Å². The fraction of sp³-hybridized carbons (Fsp3) is 0. The zero-order chi connectivity index (χ0) is 5.98. The van der Waals surface area contributed by atoms with E-state index in [0.717, 1.165) is 5.23 Å². The highest BCUT2D eigenvalue weighted by atomic mass is 15.9. The maximum absolute atomic E-state index is 5.15. The normalized spacial score (nSPS) is 17.6. The van der Waals surface area contributed by atoms with Crippen LogP contribution < -0.4 is 17.1 Å². The van der Waals surface area contributed by atoms with Gasteiger partial charge in [-0.2, -0.15) is 5.53 Å². The molecule has 0 aliphatic carbocycles. The molecule has 5 N–H and O–H groups in total. The lowest BCUT2D eigenvalue weighted by atomic mass is 10.7. The molecule has 44 valence electrons. The first-order valence-electron chi connectivity index (χ1n) is 1.96. The second-order valence-corrected chi connectivity index (χ2v) is 1.23. The Labute approximate surface area is 45.8 Å². The SMILES string of the molecule is NC1=NNN(N)N=C1. The molecular weight excluding hydrogens is 108 g/mol. The van der Waals surface area contributed by atoms with Gasteiger partial charge in [-0.3, -0.25) is 0 Å². The van der Waals surface area contributed by atoms with E-state index in [4.69, 9.17) is 11.6 Å². The van der Waals surface area contributed by atoms with Crippen LogP contribution >= 0.6 is 0 Å².